The van der Waals surface area contributed by atoms with Crippen LogP contribution in [0.1, 0.15) is 6.92 Å². The molecular formula is C3H10O5. The minimum absolute atomic E-state index is 0.833. The lowest BCUT2D eigenvalue weighted by molar-refractivity contribution is -0.176. The molecule has 5 nitrogen and oxygen atoms in total. The van der Waals surface area contributed by atoms with Gasteiger partial charge in [-0.3, -0.25) is 15.3 Å². The van der Waals surface area contributed by atoms with Crippen LogP contribution in [0.25, 0.3) is 0 Å². The Balaban J connectivity index is -0.0000000542. The summed E-state index contributed by atoms with van der Waals surface area (Å²) in [5.74, 6) is -0.833. The highest BCUT2D eigenvalue weighted by Crippen LogP contribution is 1.42. The number of aliphatic hydroxyl groups is 1. The third-order valence-corrected chi connectivity index (χ3v) is 0. The zero-order chi connectivity index (χ0) is 7.58. The summed E-state index contributed by atoms with van der Waals surface area (Å²) in [4.78, 5) is 9.00. The van der Waals surface area contributed by atoms with Crippen molar-refractivity contribution < 1.29 is 25.5 Å². The molecule has 0 radical (unpaired) electrons. The summed E-state index contributed by atoms with van der Waals surface area (Å²) in [6.07, 6.45) is 0. The second-order valence-electron chi connectivity index (χ2n) is 0.519. The molecule has 0 aromatic rings. The first-order valence-electron chi connectivity index (χ1n) is 1.57. The van der Waals surface area contributed by atoms with Gasteiger partial charge in [0.15, 0.2) is 0 Å². The van der Waals surface area contributed by atoms with Crippen LogP contribution in [0.2, 0.25) is 0 Å². The van der Waals surface area contributed by atoms with Gasteiger partial charge in [-0.05, 0) is 0 Å². The normalized spacial score (nSPS) is 4.62. The quantitative estimate of drug-likeness (QED) is 0.264. The highest BCUT2D eigenvalue weighted by molar-refractivity contribution is 5.62. The van der Waals surface area contributed by atoms with E-state index in [0.29, 0.717) is 0 Å². The van der Waals surface area contributed by atoms with Gasteiger partial charge in [0.2, 0.25) is 0 Å². The smallest absolute Gasteiger partial charge is 0.300 e. The first-order chi connectivity index (χ1) is 3.73. The van der Waals surface area contributed by atoms with E-state index >= 15 is 0 Å². The second-order valence-corrected chi connectivity index (χ2v) is 0.519. The predicted molar refractivity (Wildman–Crippen MR) is 26.7 cm³/mol. The Labute approximate surface area is 46.7 Å². The average molecular weight is 126 g/mol. The fraction of sp³-hybridized carbons (Fsp3) is 0.667. The number of carboxylic acid groups (broad SMARTS) is 1. The highest BCUT2D eigenvalue weighted by atomic mass is 17.0. The lowest BCUT2D eigenvalue weighted by atomic mass is 10.9. The number of rotatable bonds is 0. The molecule has 4 N–H and O–H groups in total. The molecule has 0 bridgehead atoms. The van der Waals surface area contributed by atoms with Gasteiger partial charge in [0.05, 0.1) is 0 Å². The van der Waals surface area contributed by atoms with E-state index in [1.807, 2.05) is 0 Å². The van der Waals surface area contributed by atoms with E-state index in [0.717, 1.165) is 14.0 Å². The SMILES string of the molecule is CC(=O)O.CO.OO. The molecule has 0 aliphatic carbocycles. The first-order valence-corrected chi connectivity index (χ1v) is 1.57. The van der Waals surface area contributed by atoms with Crippen LogP contribution in [0, 0.1) is 0 Å². The van der Waals surface area contributed by atoms with Crippen molar-refractivity contribution in [1.82, 2.24) is 0 Å². The van der Waals surface area contributed by atoms with Crippen molar-refractivity contribution in [2.24, 2.45) is 0 Å². The van der Waals surface area contributed by atoms with E-state index in [1.54, 1.807) is 0 Å². The van der Waals surface area contributed by atoms with Crippen LogP contribution in [0.4, 0.5) is 0 Å². The molecule has 0 aliphatic heterocycles. The van der Waals surface area contributed by atoms with Crippen LogP contribution in [-0.2, 0) is 4.79 Å². The molecule has 0 saturated carbocycles. The maximum atomic E-state index is 9.00. The standard InChI is InChI=1S/C2H4O2.CH4O.H2O2/c1-2(3)4;2*1-2/h1H3,(H,3,4);2H,1H3;1-2H. The van der Waals surface area contributed by atoms with Gasteiger partial charge in [0, 0.05) is 14.0 Å². The van der Waals surface area contributed by atoms with Crippen molar-refractivity contribution in [2.45, 2.75) is 6.92 Å². The van der Waals surface area contributed by atoms with E-state index in [9.17, 15) is 0 Å². The molecule has 0 aromatic carbocycles. The maximum Gasteiger partial charge on any atom is 0.300 e. The Morgan fingerprint density at radius 3 is 1.25 bits per heavy atom. The average Bonchev–Trinajstić information content (AvgIpc) is 1.75. The first kappa shape index (κ1) is 15.7. The topological polar surface area (TPSA) is 98.0 Å². The summed E-state index contributed by atoms with van der Waals surface area (Å²) in [5.41, 5.74) is 0. The van der Waals surface area contributed by atoms with Gasteiger partial charge in [-0.2, -0.15) is 0 Å². The zero-order valence-corrected chi connectivity index (χ0v) is 4.70. The summed E-state index contributed by atoms with van der Waals surface area (Å²) in [5, 5.41) is 26.4. The molecule has 0 amide bonds. The van der Waals surface area contributed by atoms with E-state index in [-0.39, 0.29) is 0 Å². The minimum atomic E-state index is -0.833. The molecule has 0 rings (SSSR count). The molecule has 0 fully saturated rings. The molecule has 0 heterocycles. The van der Waals surface area contributed by atoms with Gasteiger partial charge < -0.3 is 10.2 Å². The van der Waals surface area contributed by atoms with E-state index in [1.165, 1.54) is 0 Å². The third-order valence-electron chi connectivity index (χ3n) is 0. The van der Waals surface area contributed by atoms with E-state index < -0.39 is 5.97 Å². The number of aliphatic hydroxyl groups excluding tert-OH is 1. The van der Waals surface area contributed by atoms with Crippen LogP contribution in [0.15, 0.2) is 0 Å². The van der Waals surface area contributed by atoms with Gasteiger partial charge >= 0.3 is 0 Å². The number of carboxylic acids is 1. The molecule has 0 atom stereocenters. The van der Waals surface area contributed by atoms with Gasteiger partial charge in [-0.1, -0.05) is 0 Å². The minimum Gasteiger partial charge on any atom is -0.481 e. The fourth-order valence-electron chi connectivity index (χ4n) is 0. The lowest BCUT2D eigenvalue weighted by Gasteiger charge is -1.59. The van der Waals surface area contributed by atoms with E-state index in [2.05, 4.69) is 0 Å². The Kier molecular flexibility index (Phi) is 64.4. The maximum absolute atomic E-state index is 9.00. The second kappa shape index (κ2) is 32.9. The molecule has 0 spiro atoms. The molecule has 0 unspecified atom stereocenters. The van der Waals surface area contributed by atoms with Crippen molar-refractivity contribution in [3.8, 4) is 0 Å². The molecule has 52 valence electrons. The van der Waals surface area contributed by atoms with Crippen molar-refractivity contribution in [1.29, 1.82) is 0 Å². The predicted octanol–water partition coefficient (Wildman–Crippen LogP) is -0.283. The Bertz CT molecular complexity index is 30.7. The van der Waals surface area contributed by atoms with Crippen molar-refractivity contribution >= 4 is 5.97 Å². The molecular weight excluding hydrogens is 116 g/mol. The summed E-state index contributed by atoms with van der Waals surface area (Å²) >= 11 is 0. The van der Waals surface area contributed by atoms with Gasteiger partial charge in [0.1, 0.15) is 0 Å². The summed E-state index contributed by atoms with van der Waals surface area (Å²) < 4.78 is 0. The number of hydrogen-bond acceptors (Lipinski definition) is 4. The van der Waals surface area contributed by atoms with Crippen molar-refractivity contribution in [3.63, 3.8) is 0 Å². The lowest BCUT2D eigenvalue weighted by Crippen LogP contribution is -1.78. The number of hydrogen-bond donors (Lipinski definition) is 4. The largest absolute Gasteiger partial charge is 0.481 e. The van der Waals surface area contributed by atoms with Crippen LogP contribution >= 0.6 is 0 Å². The van der Waals surface area contributed by atoms with Crippen LogP contribution < -0.4 is 0 Å². The van der Waals surface area contributed by atoms with Gasteiger partial charge in [-0.25, -0.2) is 0 Å². The van der Waals surface area contributed by atoms with Crippen LogP contribution in [0.3, 0.4) is 0 Å². The third kappa shape index (κ3) is 240. The molecule has 0 aromatic heterocycles. The summed E-state index contributed by atoms with van der Waals surface area (Å²) in [6.45, 7) is 1.08. The van der Waals surface area contributed by atoms with Crippen LogP contribution in [0.5, 0.6) is 0 Å². The van der Waals surface area contributed by atoms with Crippen molar-refractivity contribution in [3.05, 3.63) is 0 Å². The Morgan fingerprint density at radius 2 is 1.25 bits per heavy atom. The number of carbonyl (C=O) groups is 1. The Hall–Kier alpha value is -0.650. The highest BCUT2D eigenvalue weighted by Gasteiger charge is 1.65. The molecule has 0 saturated heterocycles. The fourth-order valence-corrected chi connectivity index (χ4v) is 0. The van der Waals surface area contributed by atoms with Gasteiger partial charge in [-0.15, -0.1) is 0 Å². The monoisotopic (exact) mass is 126 g/mol. The van der Waals surface area contributed by atoms with Crippen LogP contribution in [-0.4, -0.2) is 33.8 Å². The summed E-state index contributed by atoms with van der Waals surface area (Å²) in [6, 6.07) is 0. The van der Waals surface area contributed by atoms with E-state index in [4.69, 9.17) is 25.5 Å². The zero-order valence-electron chi connectivity index (χ0n) is 4.70. The van der Waals surface area contributed by atoms with Crippen molar-refractivity contribution in [2.75, 3.05) is 7.11 Å². The molecule has 5 heteroatoms. The number of aliphatic carboxylic acids is 1. The Morgan fingerprint density at radius 1 is 1.25 bits per heavy atom. The molecule has 8 heavy (non-hydrogen) atoms. The molecule has 0 aliphatic rings. The van der Waals surface area contributed by atoms with Gasteiger partial charge in [0.25, 0.3) is 5.97 Å². The summed E-state index contributed by atoms with van der Waals surface area (Å²) in [7, 11) is 1.00.